The fourth-order valence-electron chi connectivity index (χ4n) is 1.72. The minimum absolute atomic E-state index is 0.260. The van der Waals surface area contributed by atoms with Crippen molar-refractivity contribution < 1.29 is 5.11 Å². The van der Waals surface area contributed by atoms with Crippen LogP contribution in [0.25, 0.3) is 21.6 Å². The molecule has 0 spiro atoms. The van der Waals surface area contributed by atoms with Gasteiger partial charge in [0.05, 0.1) is 0 Å². The molecule has 0 saturated heterocycles. The second kappa shape index (κ2) is 6.89. The molecule has 0 aliphatic heterocycles. The molecule has 0 radical (unpaired) electrons. The summed E-state index contributed by atoms with van der Waals surface area (Å²) in [6, 6.07) is 14.9. The van der Waals surface area contributed by atoms with Gasteiger partial charge in [-0.3, -0.25) is 0 Å². The summed E-state index contributed by atoms with van der Waals surface area (Å²) in [5.41, 5.74) is 11.2. The molecule has 0 amide bonds. The number of hydrogen-bond donors (Lipinski definition) is 1. The van der Waals surface area contributed by atoms with E-state index in [4.69, 9.17) is 5.53 Å². The van der Waals surface area contributed by atoms with Crippen molar-refractivity contribution in [1.82, 2.24) is 0 Å². The third kappa shape index (κ3) is 3.81. The molecule has 4 nitrogen and oxygen atoms in total. The lowest BCUT2D eigenvalue weighted by molar-refractivity contribution is 0.475. The van der Waals surface area contributed by atoms with Gasteiger partial charge in [-0.05, 0) is 40.9 Å². The summed E-state index contributed by atoms with van der Waals surface area (Å²) in [4.78, 5) is 2.67. The molecule has 0 saturated carbocycles. The van der Waals surface area contributed by atoms with Crippen LogP contribution in [0, 0.1) is 11.8 Å². The van der Waals surface area contributed by atoms with Gasteiger partial charge in [0.2, 0.25) is 0 Å². The van der Waals surface area contributed by atoms with E-state index in [-0.39, 0.29) is 5.75 Å². The quantitative estimate of drug-likeness (QED) is 0.292. The van der Waals surface area contributed by atoms with E-state index >= 15 is 0 Å². The van der Waals surface area contributed by atoms with Crippen LogP contribution in [0.4, 0.5) is 0 Å². The molecular formula is C16H13N3O. The SMILES string of the molecule is [N-]=[N+]=NCCC#Cc1ccc(-c2ccc(O)cc2)cc1. The van der Waals surface area contributed by atoms with Crippen molar-refractivity contribution >= 4 is 0 Å². The number of rotatable bonds is 3. The Bertz CT molecular complexity index is 672. The zero-order chi connectivity index (χ0) is 14.2. The first kappa shape index (κ1) is 13.5. The average Bonchev–Trinajstić information content (AvgIpc) is 2.49. The topological polar surface area (TPSA) is 69.0 Å². The average molecular weight is 263 g/mol. The standard InChI is InChI=1S/C16H13N3O/c17-19-18-12-2-1-3-13-4-6-14(7-5-13)15-8-10-16(20)11-9-15/h4-11,20H,2,12H2. The molecule has 0 aliphatic rings. The molecule has 2 aromatic carbocycles. The summed E-state index contributed by atoms with van der Waals surface area (Å²) in [6.07, 6.45) is 0.559. The minimum atomic E-state index is 0.260. The maximum absolute atomic E-state index is 9.26. The molecule has 0 atom stereocenters. The van der Waals surface area contributed by atoms with Crippen LogP contribution in [0.2, 0.25) is 0 Å². The van der Waals surface area contributed by atoms with Crippen LogP contribution in [0.3, 0.4) is 0 Å². The van der Waals surface area contributed by atoms with Gasteiger partial charge in [-0.2, -0.15) is 0 Å². The Morgan fingerprint density at radius 2 is 1.60 bits per heavy atom. The predicted molar refractivity (Wildman–Crippen MR) is 79.1 cm³/mol. The van der Waals surface area contributed by atoms with Crippen LogP contribution >= 0.6 is 0 Å². The highest BCUT2D eigenvalue weighted by molar-refractivity contribution is 5.65. The summed E-state index contributed by atoms with van der Waals surface area (Å²) in [7, 11) is 0. The van der Waals surface area contributed by atoms with Gasteiger partial charge >= 0.3 is 0 Å². The number of hydrogen-bond acceptors (Lipinski definition) is 2. The summed E-state index contributed by atoms with van der Waals surface area (Å²) >= 11 is 0. The lowest BCUT2D eigenvalue weighted by Crippen LogP contribution is -1.79. The normalized spacial score (nSPS) is 9.20. The van der Waals surface area contributed by atoms with E-state index in [0.717, 1.165) is 16.7 Å². The molecule has 0 bridgehead atoms. The van der Waals surface area contributed by atoms with Crippen molar-refractivity contribution in [2.45, 2.75) is 6.42 Å². The Hall–Kier alpha value is -2.89. The Morgan fingerprint density at radius 1 is 1.00 bits per heavy atom. The van der Waals surface area contributed by atoms with Gasteiger partial charge in [0, 0.05) is 23.4 Å². The van der Waals surface area contributed by atoms with E-state index in [1.54, 1.807) is 12.1 Å². The van der Waals surface area contributed by atoms with Crippen molar-refractivity contribution in [3.05, 3.63) is 64.5 Å². The Balaban J connectivity index is 2.06. The Morgan fingerprint density at radius 3 is 2.20 bits per heavy atom. The highest BCUT2D eigenvalue weighted by Gasteiger charge is 1.97. The van der Waals surface area contributed by atoms with Gasteiger partial charge in [-0.25, -0.2) is 0 Å². The highest BCUT2D eigenvalue weighted by atomic mass is 16.3. The first-order valence-corrected chi connectivity index (χ1v) is 6.19. The number of nitrogens with zero attached hydrogens (tertiary/aromatic N) is 3. The predicted octanol–water partition coefficient (Wildman–Crippen LogP) is 4.11. The van der Waals surface area contributed by atoms with Crippen LogP contribution in [-0.4, -0.2) is 11.7 Å². The fraction of sp³-hybridized carbons (Fsp3) is 0.125. The smallest absolute Gasteiger partial charge is 0.115 e. The molecule has 0 fully saturated rings. The van der Waals surface area contributed by atoms with Crippen LogP contribution in [0.15, 0.2) is 53.6 Å². The van der Waals surface area contributed by atoms with Crippen molar-refractivity contribution in [3.63, 3.8) is 0 Å². The highest BCUT2D eigenvalue weighted by Crippen LogP contribution is 2.21. The molecule has 1 N–H and O–H groups in total. The van der Waals surface area contributed by atoms with Crippen LogP contribution in [0.5, 0.6) is 5.75 Å². The van der Waals surface area contributed by atoms with Crippen LogP contribution in [-0.2, 0) is 0 Å². The van der Waals surface area contributed by atoms with E-state index in [1.807, 2.05) is 36.4 Å². The monoisotopic (exact) mass is 263 g/mol. The Labute approximate surface area is 117 Å². The number of phenolic OH excluding ortho intramolecular Hbond substituents is 1. The zero-order valence-corrected chi connectivity index (χ0v) is 10.8. The lowest BCUT2D eigenvalue weighted by atomic mass is 10.0. The minimum Gasteiger partial charge on any atom is -0.508 e. The van der Waals surface area contributed by atoms with E-state index in [0.29, 0.717) is 13.0 Å². The third-order valence-corrected chi connectivity index (χ3v) is 2.72. The van der Waals surface area contributed by atoms with Gasteiger partial charge in [-0.1, -0.05) is 41.2 Å². The zero-order valence-electron chi connectivity index (χ0n) is 10.8. The summed E-state index contributed by atoms with van der Waals surface area (Å²) in [5, 5.41) is 12.7. The van der Waals surface area contributed by atoms with Crippen molar-refractivity contribution in [2.75, 3.05) is 6.54 Å². The molecule has 0 unspecified atom stereocenters. The maximum Gasteiger partial charge on any atom is 0.115 e. The molecule has 4 heteroatoms. The molecule has 20 heavy (non-hydrogen) atoms. The maximum atomic E-state index is 9.26. The summed E-state index contributed by atoms with van der Waals surface area (Å²) < 4.78 is 0. The number of benzene rings is 2. The van der Waals surface area contributed by atoms with Crippen molar-refractivity contribution in [2.24, 2.45) is 5.11 Å². The van der Waals surface area contributed by atoms with E-state index in [2.05, 4.69) is 21.9 Å². The van der Waals surface area contributed by atoms with Gasteiger partial charge in [0.1, 0.15) is 5.75 Å². The largest absolute Gasteiger partial charge is 0.508 e. The molecule has 2 aromatic rings. The second-order valence-corrected chi connectivity index (χ2v) is 4.13. The van der Waals surface area contributed by atoms with E-state index < -0.39 is 0 Å². The van der Waals surface area contributed by atoms with Crippen LogP contribution in [0.1, 0.15) is 12.0 Å². The molecule has 0 heterocycles. The van der Waals surface area contributed by atoms with Crippen molar-refractivity contribution in [3.8, 4) is 28.7 Å². The van der Waals surface area contributed by atoms with E-state index in [9.17, 15) is 5.11 Å². The molecule has 0 aliphatic carbocycles. The molecule has 98 valence electrons. The number of aromatic hydroxyl groups is 1. The second-order valence-electron chi connectivity index (χ2n) is 4.13. The van der Waals surface area contributed by atoms with Crippen molar-refractivity contribution in [1.29, 1.82) is 0 Å². The lowest BCUT2D eigenvalue weighted by Gasteiger charge is -2.01. The first-order chi connectivity index (χ1) is 9.79. The first-order valence-electron chi connectivity index (χ1n) is 6.19. The third-order valence-electron chi connectivity index (χ3n) is 2.72. The fourth-order valence-corrected chi connectivity index (χ4v) is 1.72. The Kier molecular flexibility index (Phi) is 4.66. The molecule has 0 aromatic heterocycles. The van der Waals surface area contributed by atoms with Gasteiger partial charge in [-0.15, -0.1) is 0 Å². The summed E-state index contributed by atoms with van der Waals surface area (Å²) in [5.74, 6) is 6.23. The summed E-state index contributed by atoms with van der Waals surface area (Å²) in [6.45, 7) is 0.398. The van der Waals surface area contributed by atoms with Gasteiger partial charge in [0.25, 0.3) is 0 Å². The molecular weight excluding hydrogens is 250 g/mol. The molecule has 2 rings (SSSR count). The number of azide groups is 1. The van der Waals surface area contributed by atoms with E-state index in [1.165, 1.54) is 0 Å². The van der Waals surface area contributed by atoms with Gasteiger partial charge < -0.3 is 5.11 Å². The number of phenols is 1. The van der Waals surface area contributed by atoms with Crippen LogP contribution < -0.4 is 0 Å². The van der Waals surface area contributed by atoms with Gasteiger partial charge in [0.15, 0.2) is 0 Å².